The molecule has 0 atom stereocenters. The van der Waals surface area contributed by atoms with Crippen molar-refractivity contribution < 1.29 is 9.84 Å². The van der Waals surface area contributed by atoms with Crippen molar-refractivity contribution >= 4 is 0 Å². The Morgan fingerprint density at radius 1 is 1.71 bits per heavy atom. The Morgan fingerprint density at radius 2 is 2.43 bits per heavy atom. The molecule has 4 heteroatoms. The summed E-state index contributed by atoms with van der Waals surface area (Å²) >= 11 is 0. The maximum atomic E-state index is 10.2. The first-order valence-corrected chi connectivity index (χ1v) is 4.96. The number of hydrogen-bond acceptors (Lipinski definition) is 3. The first-order valence-electron chi connectivity index (χ1n) is 4.96. The molecule has 1 saturated carbocycles. The van der Waals surface area contributed by atoms with Gasteiger partial charge in [0, 0.05) is 26.5 Å². The highest BCUT2D eigenvalue weighted by molar-refractivity contribution is 5.16. The lowest BCUT2D eigenvalue weighted by Gasteiger charge is -2.43. The smallest absolute Gasteiger partial charge is 0.111 e. The van der Waals surface area contributed by atoms with Gasteiger partial charge in [0.05, 0.1) is 24.3 Å². The SMILES string of the molecule is CCOC1CC(O)(c2cncn2C)C1. The molecule has 1 heterocycles. The Hall–Kier alpha value is -0.870. The third-order valence-corrected chi connectivity index (χ3v) is 2.83. The molecule has 1 aliphatic carbocycles. The van der Waals surface area contributed by atoms with Crippen molar-refractivity contribution in [2.75, 3.05) is 6.61 Å². The van der Waals surface area contributed by atoms with Crippen LogP contribution in [0.5, 0.6) is 0 Å². The Morgan fingerprint density at radius 3 is 2.93 bits per heavy atom. The van der Waals surface area contributed by atoms with Crippen molar-refractivity contribution in [1.29, 1.82) is 0 Å². The first kappa shape index (κ1) is 9.68. The van der Waals surface area contributed by atoms with Gasteiger partial charge in [-0.3, -0.25) is 0 Å². The molecule has 1 aliphatic rings. The summed E-state index contributed by atoms with van der Waals surface area (Å²) in [6, 6.07) is 0. The van der Waals surface area contributed by atoms with Crippen LogP contribution in [0.4, 0.5) is 0 Å². The van der Waals surface area contributed by atoms with E-state index in [0.717, 1.165) is 5.69 Å². The van der Waals surface area contributed by atoms with Gasteiger partial charge in [0.1, 0.15) is 5.60 Å². The zero-order chi connectivity index (χ0) is 10.2. The van der Waals surface area contributed by atoms with E-state index in [2.05, 4.69) is 4.98 Å². The van der Waals surface area contributed by atoms with Crippen molar-refractivity contribution in [3.05, 3.63) is 18.2 Å². The molecule has 78 valence electrons. The molecular weight excluding hydrogens is 180 g/mol. The summed E-state index contributed by atoms with van der Waals surface area (Å²) in [5.41, 5.74) is 0.166. The number of aliphatic hydroxyl groups is 1. The van der Waals surface area contributed by atoms with E-state index in [1.807, 2.05) is 18.5 Å². The molecule has 1 aromatic heterocycles. The molecule has 0 spiro atoms. The predicted molar refractivity (Wildman–Crippen MR) is 51.8 cm³/mol. The fraction of sp³-hybridized carbons (Fsp3) is 0.700. The number of aryl methyl sites for hydroxylation is 1. The lowest BCUT2D eigenvalue weighted by atomic mass is 9.75. The topological polar surface area (TPSA) is 47.3 Å². The Balaban J connectivity index is 2.04. The van der Waals surface area contributed by atoms with Gasteiger partial charge in [-0.05, 0) is 6.92 Å². The third-order valence-electron chi connectivity index (χ3n) is 2.83. The van der Waals surface area contributed by atoms with Crippen molar-refractivity contribution in [3.8, 4) is 0 Å². The van der Waals surface area contributed by atoms with Crippen LogP contribution in [-0.2, 0) is 17.4 Å². The normalized spacial score (nSPS) is 31.5. The van der Waals surface area contributed by atoms with Crippen molar-refractivity contribution in [2.24, 2.45) is 7.05 Å². The van der Waals surface area contributed by atoms with Gasteiger partial charge in [-0.1, -0.05) is 0 Å². The van der Waals surface area contributed by atoms with Crippen LogP contribution in [0.1, 0.15) is 25.5 Å². The van der Waals surface area contributed by atoms with Gasteiger partial charge in [0.15, 0.2) is 0 Å². The average Bonchev–Trinajstić information content (AvgIpc) is 2.49. The Bertz CT molecular complexity index is 316. The van der Waals surface area contributed by atoms with Crippen LogP contribution in [0.25, 0.3) is 0 Å². The number of imidazole rings is 1. The van der Waals surface area contributed by atoms with Gasteiger partial charge in [-0.2, -0.15) is 0 Å². The van der Waals surface area contributed by atoms with Crippen LogP contribution < -0.4 is 0 Å². The highest BCUT2D eigenvalue weighted by Crippen LogP contribution is 2.42. The van der Waals surface area contributed by atoms with E-state index >= 15 is 0 Å². The number of aromatic nitrogens is 2. The quantitative estimate of drug-likeness (QED) is 0.778. The predicted octanol–water partition coefficient (Wildman–Crippen LogP) is 0.807. The molecule has 0 saturated heterocycles. The summed E-state index contributed by atoms with van der Waals surface area (Å²) in [4.78, 5) is 4.00. The zero-order valence-corrected chi connectivity index (χ0v) is 8.60. The number of ether oxygens (including phenoxy) is 1. The minimum atomic E-state index is -0.717. The fourth-order valence-electron chi connectivity index (χ4n) is 2.06. The average molecular weight is 196 g/mol. The van der Waals surface area contributed by atoms with Crippen molar-refractivity contribution in [3.63, 3.8) is 0 Å². The molecule has 14 heavy (non-hydrogen) atoms. The van der Waals surface area contributed by atoms with E-state index in [-0.39, 0.29) is 6.10 Å². The zero-order valence-electron chi connectivity index (χ0n) is 8.60. The van der Waals surface area contributed by atoms with E-state index < -0.39 is 5.60 Å². The summed E-state index contributed by atoms with van der Waals surface area (Å²) in [5, 5.41) is 10.2. The molecule has 0 aliphatic heterocycles. The highest BCUT2D eigenvalue weighted by atomic mass is 16.5. The first-order chi connectivity index (χ1) is 6.65. The summed E-state index contributed by atoms with van der Waals surface area (Å²) in [7, 11) is 1.90. The van der Waals surface area contributed by atoms with Gasteiger partial charge in [-0.15, -0.1) is 0 Å². The molecule has 1 N–H and O–H groups in total. The molecule has 4 nitrogen and oxygen atoms in total. The van der Waals surface area contributed by atoms with E-state index in [0.29, 0.717) is 19.4 Å². The molecule has 0 unspecified atom stereocenters. The number of rotatable bonds is 3. The van der Waals surface area contributed by atoms with E-state index in [9.17, 15) is 5.11 Å². The van der Waals surface area contributed by atoms with Gasteiger partial charge < -0.3 is 14.4 Å². The highest BCUT2D eigenvalue weighted by Gasteiger charge is 2.46. The second-order valence-electron chi connectivity index (χ2n) is 3.91. The third kappa shape index (κ3) is 1.44. The summed E-state index contributed by atoms with van der Waals surface area (Å²) in [6.07, 6.45) is 5.00. The fourth-order valence-corrected chi connectivity index (χ4v) is 2.06. The molecule has 1 fully saturated rings. The molecular formula is C10H16N2O2. The van der Waals surface area contributed by atoms with Crippen LogP contribution in [0.3, 0.4) is 0 Å². The second kappa shape index (κ2) is 3.37. The van der Waals surface area contributed by atoms with Crippen molar-refractivity contribution in [2.45, 2.75) is 31.5 Å². The second-order valence-corrected chi connectivity index (χ2v) is 3.91. The standard InChI is InChI=1S/C10H16N2O2/c1-3-14-8-4-10(13,5-8)9-6-11-7-12(9)2/h6-8,13H,3-5H2,1-2H3. The molecule has 0 amide bonds. The Labute approximate surface area is 83.5 Å². The minimum Gasteiger partial charge on any atom is -0.383 e. The lowest BCUT2D eigenvalue weighted by Crippen LogP contribution is -2.46. The summed E-state index contributed by atoms with van der Waals surface area (Å²) in [6.45, 7) is 2.69. The number of nitrogens with zero attached hydrogens (tertiary/aromatic N) is 2. The molecule has 0 bridgehead atoms. The van der Waals surface area contributed by atoms with Gasteiger partial charge in [0.25, 0.3) is 0 Å². The van der Waals surface area contributed by atoms with Gasteiger partial charge in [-0.25, -0.2) is 4.98 Å². The van der Waals surface area contributed by atoms with Crippen LogP contribution in [0.15, 0.2) is 12.5 Å². The van der Waals surface area contributed by atoms with Crippen molar-refractivity contribution in [1.82, 2.24) is 9.55 Å². The molecule has 1 aromatic rings. The molecule has 0 aromatic carbocycles. The minimum absolute atomic E-state index is 0.208. The molecule has 0 radical (unpaired) electrons. The van der Waals surface area contributed by atoms with Crippen LogP contribution in [-0.4, -0.2) is 27.4 Å². The Kier molecular flexibility index (Phi) is 2.33. The van der Waals surface area contributed by atoms with Gasteiger partial charge in [0.2, 0.25) is 0 Å². The van der Waals surface area contributed by atoms with Crippen LogP contribution >= 0.6 is 0 Å². The lowest BCUT2D eigenvalue weighted by molar-refractivity contribution is -0.146. The molecule has 2 rings (SSSR count). The maximum Gasteiger partial charge on any atom is 0.111 e. The van der Waals surface area contributed by atoms with Crippen LogP contribution in [0.2, 0.25) is 0 Å². The van der Waals surface area contributed by atoms with Crippen LogP contribution in [0, 0.1) is 0 Å². The van der Waals surface area contributed by atoms with E-state index in [1.165, 1.54) is 0 Å². The largest absolute Gasteiger partial charge is 0.383 e. The van der Waals surface area contributed by atoms with Gasteiger partial charge >= 0.3 is 0 Å². The number of hydrogen-bond donors (Lipinski definition) is 1. The van der Waals surface area contributed by atoms with E-state index in [1.54, 1.807) is 12.5 Å². The van der Waals surface area contributed by atoms with E-state index in [4.69, 9.17) is 4.74 Å². The summed E-state index contributed by atoms with van der Waals surface area (Å²) < 4.78 is 7.28. The summed E-state index contributed by atoms with van der Waals surface area (Å²) in [5.74, 6) is 0. The monoisotopic (exact) mass is 196 g/mol. The maximum absolute atomic E-state index is 10.2.